The number of rotatable bonds is 5. The molecule has 0 aliphatic rings. The predicted molar refractivity (Wildman–Crippen MR) is 77.1 cm³/mol. The predicted octanol–water partition coefficient (Wildman–Crippen LogP) is 3.58. The summed E-state index contributed by atoms with van der Waals surface area (Å²) in [6, 6.07) is 9.98. The fraction of sp³-hybridized carbons (Fsp3) is 0.143. The van der Waals surface area contributed by atoms with E-state index in [1.165, 1.54) is 12.1 Å². The summed E-state index contributed by atoms with van der Waals surface area (Å²) in [6.07, 6.45) is 0. The molecule has 5 nitrogen and oxygen atoms in total. The maximum atomic E-state index is 10.9. The number of nitrogens with one attached hydrogen (secondary N) is 1. The van der Waals surface area contributed by atoms with Crippen LogP contribution in [0.15, 0.2) is 36.4 Å². The first kappa shape index (κ1) is 14.1. The van der Waals surface area contributed by atoms with Crippen molar-refractivity contribution in [1.29, 1.82) is 0 Å². The minimum Gasteiger partial charge on any atom is -0.494 e. The Morgan fingerprint density at radius 3 is 2.65 bits per heavy atom. The number of aromatic nitrogens is 1. The van der Waals surface area contributed by atoms with Gasteiger partial charge in [-0.25, -0.2) is 9.78 Å². The molecule has 1 aromatic heterocycles. The van der Waals surface area contributed by atoms with E-state index >= 15 is 0 Å². The summed E-state index contributed by atoms with van der Waals surface area (Å²) in [4.78, 5) is 15.0. The Labute approximate surface area is 121 Å². The zero-order valence-electron chi connectivity index (χ0n) is 10.8. The third kappa shape index (κ3) is 3.61. The second-order valence-corrected chi connectivity index (χ2v) is 4.34. The molecule has 0 spiro atoms. The lowest BCUT2D eigenvalue weighted by Crippen LogP contribution is -2.01. The summed E-state index contributed by atoms with van der Waals surface area (Å²) in [7, 11) is 0. The number of hydrogen-bond acceptors (Lipinski definition) is 4. The number of carboxylic acids is 1. The van der Waals surface area contributed by atoms with Crippen molar-refractivity contribution >= 4 is 29.1 Å². The van der Waals surface area contributed by atoms with Gasteiger partial charge in [0.25, 0.3) is 0 Å². The van der Waals surface area contributed by atoms with Crippen molar-refractivity contribution in [3.8, 4) is 5.75 Å². The van der Waals surface area contributed by atoms with Gasteiger partial charge in [0.1, 0.15) is 16.7 Å². The summed E-state index contributed by atoms with van der Waals surface area (Å²) in [5.41, 5.74) is 0.845. The van der Waals surface area contributed by atoms with E-state index in [4.69, 9.17) is 21.4 Å². The first-order valence-electron chi connectivity index (χ1n) is 5.99. The van der Waals surface area contributed by atoms with Crippen LogP contribution in [0.4, 0.5) is 11.5 Å². The normalized spacial score (nSPS) is 10.1. The van der Waals surface area contributed by atoms with Crippen LogP contribution in [-0.4, -0.2) is 22.7 Å². The molecule has 0 saturated heterocycles. The molecule has 2 rings (SSSR count). The number of pyridine rings is 1. The van der Waals surface area contributed by atoms with Crippen LogP contribution in [-0.2, 0) is 0 Å². The maximum Gasteiger partial charge on any atom is 0.335 e. The lowest BCUT2D eigenvalue weighted by atomic mass is 10.2. The smallest absolute Gasteiger partial charge is 0.335 e. The van der Waals surface area contributed by atoms with Gasteiger partial charge in [0.05, 0.1) is 12.2 Å². The molecule has 0 saturated carbocycles. The van der Waals surface area contributed by atoms with Crippen LogP contribution in [0, 0.1) is 0 Å². The van der Waals surface area contributed by atoms with Gasteiger partial charge in [0.2, 0.25) is 0 Å². The number of hydrogen-bond donors (Lipinski definition) is 2. The van der Waals surface area contributed by atoms with E-state index in [2.05, 4.69) is 10.3 Å². The lowest BCUT2D eigenvalue weighted by Gasteiger charge is -2.08. The average molecular weight is 293 g/mol. The summed E-state index contributed by atoms with van der Waals surface area (Å²) < 4.78 is 5.34. The van der Waals surface area contributed by atoms with Gasteiger partial charge in [-0.3, -0.25) is 0 Å². The van der Waals surface area contributed by atoms with Gasteiger partial charge in [-0.2, -0.15) is 0 Å². The molecule has 20 heavy (non-hydrogen) atoms. The number of aromatic carboxylic acids is 1. The Bertz CT molecular complexity index is 614. The molecule has 0 atom stereocenters. The van der Waals surface area contributed by atoms with Crippen molar-refractivity contribution < 1.29 is 14.6 Å². The largest absolute Gasteiger partial charge is 0.494 e. The summed E-state index contributed by atoms with van der Waals surface area (Å²) in [5, 5.41) is 12.1. The Morgan fingerprint density at radius 2 is 2.05 bits per heavy atom. The van der Waals surface area contributed by atoms with Crippen LogP contribution < -0.4 is 10.1 Å². The molecular weight excluding hydrogens is 280 g/mol. The van der Waals surface area contributed by atoms with Gasteiger partial charge in [-0.15, -0.1) is 0 Å². The molecule has 2 aromatic rings. The van der Waals surface area contributed by atoms with E-state index in [9.17, 15) is 4.79 Å². The standard InChI is InChI=1S/C14H13ClN2O3/c1-2-20-11-5-3-10(4-6-11)16-13-8-9(14(18)19)7-12(15)17-13/h3-8H,2H2,1H3,(H,16,17)(H,18,19). The van der Waals surface area contributed by atoms with Crippen LogP contribution in [0.1, 0.15) is 17.3 Å². The molecular formula is C14H13ClN2O3. The molecule has 2 N–H and O–H groups in total. The zero-order chi connectivity index (χ0) is 14.5. The third-order valence-electron chi connectivity index (χ3n) is 2.48. The summed E-state index contributed by atoms with van der Waals surface area (Å²) >= 11 is 5.79. The highest BCUT2D eigenvalue weighted by molar-refractivity contribution is 6.29. The SMILES string of the molecule is CCOc1ccc(Nc2cc(C(=O)O)cc(Cl)n2)cc1. The third-order valence-corrected chi connectivity index (χ3v) is 2.67. The molecule has 6 heteroatoms. The topological polar surface area (TPSA) is 71.5 Å². The Morgan fingerprint density at radius 1 is 1.35 bits per heavy atom. The van der Waals surface area contributed by atoms with Gasteiger partial charge in [-0.05, 0) is 43.3 Å². The zero-order valence-corrected chi connectivity index (χ0v) is 11.5. The Hall–Kier alpha value is -2.27. The Kier molecular flexibility index (Phi) is 4.42. The van der Waals surface area contributed by atoms with E-state index in [0.29, 0.717) is 12.4 Å². The molecule has 1 aromatic carbocycles. The van der Waals surface area contributed by atoms with E-state index in [1.807, 2.05) is 31.2 Å². The van der Waals surface area contributed by atoms with Crippen LogP contribution >= 0.6 is 11.6 Å². The molecule has 0 radical (unpaired) electrons. The highest BCUT2D eigenvalue weighted by atomic mass is 35.5. The highest BCUT2D eigenvalue weighted by Crippen LogP contribution is 2.21. The van der Waals surface area contributed by atoms with E-state index in [1.54, 1.807) is 0 Å². The minimum absolute atomic E-state index is 0.0819. The van der Waals surface area contributed by atoms with E-state index < -0.39 is 5.97 Å². The van der Waals surface area contributed by atoms with Crippen LogP contribution in [0.2, 0.25) is 5.15 Å². The highest BCUT2D eigenvalue weighted by Gasteiger charge is 2.07. The van der Waals surface area contributed by atoms with Crippen LogP contribution in [0.5, 0.6) is 5.75 Å². The maximum absolute atomic E-state index is 10.9. The molecule has 0 bridgehead atoms. The summed E-state index contributed by atoms with van der Waals surface area (Å²) in [5.74, 6) is 0.0893. The van der Waals surface area contributed by atoms with Crippen molar-refractivity contribution in [1.82, 2.24) is 4.98 Å². The first-order valence-corrected chi connectivity index (χ1v) is 6.37. The molecule has 104 valence electrons. The summed E-state index contributed by atoms with van der Waals surface area (Å²) in [6.45, 7) is 2.51. The average Bonchev–Trinajstić information content (AvgIpc) is 2.40. The fourth-order valence-electron chi connectivity index (χ4n) is 1.63. The van der Waals surface area contributed by atoms with Gasteiger partial charge < -0.3 is 15.2 Å². The molecule has 1 heterocycles. The molecule has 0 amide bonds. The molecule has 0 fully saturated rings. The second kappa shape index (κ2) is 6.25. The minimum atomic E-state index is -1.05. The van der Waals surface area contributed by atoms with E-state index in [0.717, 1.165) is 11.4 Å². The number of carbonyl (C=O) groups is 1. The Balaban J connectivity index is 2.19. The van der Waals surface area contributed by atoms with Gasteiger partial charge in [0.15, 0.2) is 0 Å². The van der Waals surface area contributed by atoms with Crippen LogP contribution in [0.3, 0.4) is 0 Å². The number of halogens is 1. The number of carboxylic acid groups (broad SMARTS) is 1. The van der Waals surface area contributed by atoms with E-state index in [-0.39, 0.29) is 10.7 Å². The lowest BCUT2D eigenvalue weighted by molar-refractivity contribution is 0.0697. The first-order chi connectivity index (χ1) is 9.58. The van der Waals surface area contributed by atoms with Crippen molar-refractivity contribution in [3.05, 3.63) is 47.1 Å². The number of anilines is 2. The number of ether oxygens (including phenoxy) is 1. The van der Waals surface area contributed by atoms with Crippen molar-refractivity contribution in [3.63, 3.8) is 0 Å². The van der Waals surface area contributed by atoms with Crippen molar-refractivity contribution in [2.45, 2.75) is 6.92 Å². The number of nitrogens with zero attached hydrogens (tertiary/aromatic N) is 1. The fourth-order valence-corrected chi connectivity index (χ4v) is 1.84. The quantitative estimate of drug-likeness (QED) is 0.824. The molecule has 0 unspecified atom stereocenters. The van der Waals surface area contributed by atoms with Crippen molar-refractivity contribution in [2.75, 3.05) is 11.9 Å². The second-order valence-electron chi connectivity index (χ2n) is 3.95. The molecule has 0 aliphatic heterocycles. The van der Waals surface area contributed by atoms with Gasteiger partial charge >= 0.3 is 5.97 Å². The van der Waals surface area contributed by atoms with Crippen molar-refractivity contribution in [2.24, 2.45) is 0 Å². The van der Waals surface area contributed by atoms with Crippen LogP contribution in [0.25, 0.3) is 0 Å². The van der Waals surface area contributed by atoms with Gasteiger partial charge in [-0.1, -0.05) is 11.6 Å². The molecule has 0 aliphatic carbocycles. The monoisotopic (exact) mass is 292 g/mol. The number of benzene rings is 1. The van der Waals surface area contributed by atoms with Gasteiger partial charge in [0, 0.05) is 5.69 Å².